The summed E-state index contributed by atoms with van der Waals surface area (Å²) in [7, 11) is 1.67. The molecule has 1 saturated heterocycles. The van der Waals surface area contributed by atoms with Crippen molar-refractivity contribution < 1.29 is 4.74 Å². The highest BCUT2D eigenvalue weighted by atomic mass is 16.5. The van der Waals surface area contributed by atoms with E-state index in [-0.39, 0.29) is 0 Å². The van der Waals surface area contributed by atoms with Gasteiger partial charge in [0.1, 0.15) is 23.2 Å². The standard InChI is InChI=1S/C18H25N5O/c1-4-22-9-11-23(12-10-22)18-13-17(19-14(2)20-18)21-15-5-7-16(24-3)8-6-15/h5-8,13H,4,9-12H2,1-3H3,(H,19,20,21). The highest BCUT2D eigenvalue weighted by molar-refractivity contribution is 5.60. The van der Waals surface area contributed by atoms with Crippen LogP contribution >= 0.6 is 0 Å². The fourth-order valence-corrected chi connectivity index (χ4v) is 2.89. The quantitative estimate of drug-likeness (QED) is 0.911. The first-order valence-corrected chi connectivity index (χ1v) is 8.42. The fraction of sp³-hybridized carbons (Fsp3) is 0.444. The molecular weight excluding hydrogens is 302 g/mol. The van der Waals surface area contributed by atoms with Crippen molar-refractivity contribution in [2.24, 2.45) is 0 Å². The summed E-state index contributed by atoms with van der Waals surface area (Å²) in [6.07, 6.45) is 0. The van der Waals surface area contributed by atoms with Gasteiger partial charge in [-0.15, -0.1) is 0 Å². The first-order chi connectivity index (χ1) is 11.7. The van der Waals surface area contributed by atoms with E-state index < -0.39 is 0 Å². The van der Waals surface area contributed by atoms with Gasteiger partial charge < -0.3 is 19.9 Å². The third-order valence-electron chi connectivity index (χ3n) is 4.33. The summed E-state index contributed by atoms with van der Waals surface area (Å²) in [5.41, 5.74) is 0.982. The van der Waals surface area contributed by atoms with Crippen LogP contribution in [0.25, 0.3) is 0 Å². The highest BCUT2D eigenvalue weighted by Crippen LogP contribution is 2.22. The van der Waals surface area contributed by atoms with Crippen molar-refractivity contribution in [3.8, 4) is 5.75 Å². The normalized spacial score (nSPS) is 15.4. The Balaban J connectivity index is 1.73. The fourth-order valence-electron chi connectivity index (χ4n) is 2.89. The molecule has 0 bridgehead atoms. The SMILES string of the molecule is CCN1CCN(c2cc(Nc3ccc(OC)cc3)nc(C)n2)CC1. The molecule has 1 aliphatic rings. The van der Waals surface area contributed by atoms with Gasteiger partial charge in [0.15, 0.2) is 0 Å². The molecule has 3 rings (SSSR count). The van der Waals surface area contributed by atoms with Crippen molar-refractivity contribution in [2.75, 3.05) is 50.1 Å². The molecule has 1 fully saturated rings. The van der Waals surface area contributed by atoms with Gasteiger partial charge >= 0.3 is 0 Å². The first-order valence-electron chi connectivity index (χ1n) is 8.42. The number of anilines is 3. The van der Waals surface area contributed by atoms with Crippen LogP contribution in [0.15, 0.2) is 30.3 Å². The molecule has 1 aromatic heterocycles. The molecule has 0 unspecified atom stereocenters. The number of hydrogen-bond donors (Lipinski definition) is 1. The molecule has 0 aliphatic carbocycles. The zero-order valence-corrected chi connectivity index (χ0v) is 14.6. The molecule has 1 aliphatic heterocycles. The molecule has 6 heteroatoms. The van der Waals surface area contributed by atoms with Crippen molar-refractivity contribution in [2.45, 2.75) is 13.8 Å². The average Bonchev–Trinajstić information content (AvgIpc) is 2.62. The molecule has 128 valence electrons. The van der Waals surface area contributed by atoms with Gasteiger partial charge in [-0.05, 0) is 37.7 Å². The van der Waals surface area contributed by atoms with Crippen molar-refractivity contribution in [1.29, 1.82) is 0 Å². The zero-order valence-electron chi connectivity index (χ0n) is 14.6. The average molecular weight is 327 g/mol. The lowest BCUT2D eigenvalue weighted by molar-refractivity contribution is 0.270. The van der Waals surface area contributed by atoms with Crippen LogP contribution in [0.4, 0.5) is 17.3 Å². The van der Waals surface area contributed by atoms with E-state index in [1.807, 2.05) is 37.3 Å². The van der Waals surface area contributed by atoms with E-state index in [4.69, 9.17) is 4.74 Å². The van der Waals surface area contributed by atoms with Crippen LogP contribution in [0.2, 0.25) is 0 Å². The van der Waals surface area contributed by atoms with Gasteiger partial charge in [-0.1, -0.05) is 6.92 Å². The molecule has 0 saturated carbocycles. The molecule has 0 spiro atoms. The molecule has 0 amide bonds. The molecule has 1 N–H and O–H groups in total. The second kappa shape index (κ2) is 7.49. The Bertz CT molecular complexity index is 666. The van der Waals surface area contributed by atoms with Crippen molar-refractivity contribution in [3.63, 3.8) is 0 Å². The number of piperazine rings is 1. The number of ether oxygens (including phenoxy) is 1. The van der Waals surface area contributed by atoms with E-state index in [1.54, 1.807) is 7.11 Å². The minimum atomic E-state index is 0.779. The Morgan fingerprint density at radius 2 is 1.79 bits per heavy atom. The first kappa shape index (κ1) is 16.5. The third-order valence-corrected chi connectivity index (χ3v) is 4.33. The minimum absolute atomic E-state index is 0.779. The summed E-state index contributed by atoms with van der Waals surface area (Å²) in [6.45, 7) is 9.44. The topological polar surface area (TPSA) is 53.5 Å². The number of aryl methyl sites for hydroxylation is 1. The van der Waals surface area contributed by atoms with Crippen LogP contribution in [0.5, 0.6) is 5.75 Å². The minimum Gasteiger partial charge on any atom is -0.497 e. The van der Waals surface area contributed by atoms with Crippen LogP contribution in [0, 0.1) is 6.92 Å². The molecule has 0 atom stereocenters. The van der Waals surface area contributed by atoms with Gasteiger partial charge in [0.2, 0.25) is 0 Å². The van der Waals surface area contributed by atoms with Gasteiger partial charge in [-0.25, -0.2) is 9.97 Å². The van der Waals surface area contributed by atoms with Crippen LogP contribution < -0.4 is 15.0 Å². The van der Waals surface area contributed by atoms with Gasteiger partial charge in [0.25, 0.3) is 0 Å². The Morgan fingerprint density at radius 1 is 1.08 bits per heavy atom. The van der Waals surface area contributed by atoms with E-state index in [0.717, 1.165) is 61.6 Å². The monoisotopic (exact) mass is 327 g/mol. The molecule has 2 aromatic rings. The number of rotatable bonds is 5. The maximum atomic E-state index is 5.19. The second-order valence-corrected chi connectivity index (χ2v) is 5.93. The Hall–Kier alpha value is -2.34. The maximum Gasteiger partial charge on any atom is 0.136 e. The van der Waals surface area contributed by atoms with Gasteiger partial charge in [0, 0.05) is 37.9 Å². The number of hydrogen-bond acceptors (Lipinski definition) is 6. The molecule has 6 nitrogen and oxygen atoms in total. The Labute approximate surface area is 143 Å². The summed E-state index contributed by atoms with van der Waals surface area (Å²) in [5, 5.41) is 3.35. The van der Waals surface area contributed by atoms with E-state index in [0.29, 0.717) is 0 Å². The van der Waals surface area contributed by atoms with Gasteiger partial charge in [-0.2, -0.15) is 0 Å². The number of methoxy groups -OCH3 is 1. The predicted octanol–water partition coefficient (Wildman–Crippen LogP) is 2.68. The van der Waals surface area contributed by atoms with Crippen LogP contribution in [0.3, 0.4) is 0 Å². The molecule has 24 heavy (non-hydrogen) atoms. The summed E-state index contributed by atoms with van der Waals surface area (Å²) in [4.78, 5) is 13.9. The largest absolute Gasteiger partial charge is 0.497 e. The van der Waals surface area contributed by atoms with Gasteiger partial charge in [0.05, 0.1) is 7.11 Å². The highest BCUT2D eigenvalue weighted by Gasteiger charge is 2.17. The lowest BCUT2D eigenvalue weighted by atomic mass is 10.3. The third kappa shape index (κ3) is 3.94. The van der Waals surface area contributed by atoms with Crippen LogP contribution in [0.1, 0.15) is 12.7 Å². The molecular formula is C18H25N5O. The smallest absolute Gasteiger partial charge is 0.136 e. The number of aromatic nitrogens is 2. The Kier molecular flexibility index (Phi) is 5.15. The van der Waals surface area contributed by atoms with E-state index in [2.05, 4.69) is 32.0 Å². The number of likely N-dealkylation sites (N-methyl/N-ethyl adjacent to an activating group) is 1. The summed E-state index contributed by atoms with van der Waals surface area (Å²) < 4.78 is 5.19. The number of nitrogens with one attached hydrogen (secondary N) is 1. The summed E-state index contributed by atoms with van der Waals surface area (Å²) in [6, 6.07) is 9.85. The van der Waals surface area contributed by atoms with Crippen molar-refractivity contribution in [1.82, 2.24) is 14.9 Å². The maximum absolute atomic E-state index is 5.19. The lowest BCUT2D eigenvalue weighted by Gasteiger charge is -2.34. The van der Waals surface area contributed by atoms with Crippen molar-refractivity contribution >= 4 is 17.3 Å². The predicted molar refractivity (Wildman–Crippen MR) is 97.4 cm³/mol. The van der Waals surface area contributed by atoms with E-state index in [9.17, 15) is 0 Å². The Morgan fingerprint density at radius 3 is 2.42 bits per heavy atom. The van der Waals surface area contributed by atoms with Gasteiger partial charge in [-0.3, -0.25) is 0 Å². The zero-order chi connectivity index (χ0) is 16.9. The van der Waals surface area contributed by atoms with Crippen LogP contribution in [-0.4, -0.2) is 54.7 Å². The number of nitrogens with zero attached hydrogens (tertiary/aromatic N) is 4. The van der Waals surface area contributed by atoms with E-state index >= 15 is 0 Å². The van der Waals surface area contributed by atoms with E-state index in [1.165, 1.54) is 0 Å². The number of benzene rings is 1. The lowest BCUT2D eigenvalue weighted by Crippen LogP contribution is -2.46. The molecule has 2 heterocycles. The molecule has 0 radical (unpaired) electrons. The summed E-state index contributed by atoms with van der Waals surface area (Å²) >= 11 is 0. The summed E-state index contributed by atoms with van der Waals surface area (Å²) in [5.74, 6) is 3.44. The van der Waals surface area contributed by atoms with Crippen molar-refractivity contribution in [3.05, 3.63) is 36.2 Å². The van der Waals surface area contributed by atoms with Crippen LogP contribution in [-0.2, 0) is 0 Å². The second-order valence-electron chi connectivity index (χ2n) is 5.93. The molecule has 1 aromatic carbocycles.